The summed E-state index contributed by atoms with van der Waals surface area (Å²) in [5.74, 6) is 0.907. The Balaban J connectivity index is 2.42. The quantitative estimate of drug-likeness (QED) is 0.894. The highest BCUT2D eigenvalue weighted by Crippen LogP contribution is 2.26. The summed E-state index contributed by atoms with van der Waals surface area (Å²) in [6.45, 7) is 2.69. The molecule has 0 fully saturated rings. The maximum atomic E-state index is 9.51. The summed E-state index contributed by atoms with van der Waals surface area (Å²) in [5, 5.41) is 18.4. The van der Waals surface area contributed by atoms with Gasteiger partial charge in [0.15, 0.2) is 0 Å². The number of aromatic nitrogens is 1. The molecule has 4 nitrogen and oxygen atoms in total. The molecule has 0 radical (unpaired) electrons. The molecule has 0 amide bonds. The molecule has 0 atom stereocenters. The molecule has 0 saturated heterocycles. The minimum atomic E-state index is 0.211. The molecule has 0 aliphatic heterocycles. The number of phenols is 1. The number of phenolic OH excluding ortho intramolecular Hbond substituents is 1. The fourth-order valence-electron chi connectivity index (χ4n) is 1.77. The highest BCUT2D eigenvalue weighted by molar-refractivity contribution is 5.62. The molecule has 4 heteroatoms. The molecule has 1 N–H and O–H groups in total. The summed E-state index contributed by atoms with van der Waals surface area (Å²) >= 11 is 0. The average Bonchev–Trinajstić information content (AvgIpc) is 2.40. The van der Waals surface area contributed by atoms with Gasteiger partial charge >= 0.3 is 0 Å². The summed E-state index contributed by atoms with van der Waals surface area (Å²) in [5.41, 5.74) is 1.42. The van der Waals surface area contributed by atoms with Crippen molar-refractivity contribution in [1.29, 1.82) is 5.26 Å². The van der Waals surface area contributed by atoms with Crippen LogP contribution in [-0.4, -0.2) is 16.6 Å². The largest absolute Gasteiger partial charge is 0.508 e. The molecule has 0 aliphatic carbocycles. The van der Waals surface area contributed by atoms with Gasteiger partial charge < -0.3 is 10.0 Å². The molecule has 1 heterocycles. The van der Waals surface area contributed by atoms with Gasteiger partial charge in [-0.2, -0.15) is 5.26 Å². The lowest BCUT2D eigenvalue weighted by Gasteiger charge is -2.22. The van der Waals surface area contributed by atoms with Gasteiger partial charge in [0, 0.05) is 24.5 Å². The van der Waals surface area contributed by atoms with E-state index in [0.717, 1.165) is 5.69 Å². The summed E-state index contributed by atoms with van der Waals surface area (Å²) in [6.07, 6.45) is 1.61. The van der Waals surface area contributed by atoms with E-state index in [1.54, 1.807) is 36.5 Å². The standard InChI is InChI=1S/C14H13N3O/c1-2-17(12-4-3-5-13(18)9-12)14-8-11(10-15)6-7-16-14/h3-9,18H,2H2,1H3. The smallest absolute Gasteiger partial charge is 0.134 e. The molecule has 2 rings (SSSR count). The SMILES string of the molecule is CCN(c1cccc(O)c1)c1cc(C#N)ccn1. The van der Waals surface area contributed by atoms with Crippen LogP contribution in [0, 0.1) is 11.3 Å². The summed E-state index contributed by atoms with van der Waals surface area (Å²) in [6, 6.07) is 12.5. The van der Waals surface area contributed by atoms with Crippen molar-refractivity contribution >= 4 is 11.5 Å². The van der Waals surface area contributed by atoms with Gasteiger partial charge in [0.25, 0.3) is 0 Å². The predicted molar refractivity (Wildman–Crippen MR) is 69.7 cm³/mol. The first kappa shape index (κ1) is 11.9. The number of nitrogens with zero attached hydrogens (tertiary/aromatic N) is 3. The normalized spacial score (nSPS) is 9.78. The first-order valence-corrected chi connectivity index (χ1v) is 5.67. The number of hydrogen-bond donors (Lipinski definition) is 1. The molecular formula is C14H13N3O. The van der Waals surface area contributed by atoms with Gasteiger partial charge in [0.05, 0.1) is 11.6 Å². The van der Waals surface area contributed by atoms with E-state index >= 15 is 0 Å². The molecular weight excluding hydrogens is 226 g/mol. The predicted octanol–water partition coefficient (Wildman–Crippen LogP) is 2.82. The van der Waals surface area contributed by atoms with Crippen molar-refractivity contribution in [3.8, 4) is 11.8 Å². The van der Waals surface area contributed by atoms with E-state index in [4.69, 9.17) is 5.26 Å². The number of benzene rings is 1. The Morgan fingerprint density at radius 2 is 2.17 bits per heavy atom. The zero-order valence-electron chi connectivity index (χ0n) is 10.0. The second-order valence-corrected chi connectivity index (χ2v) is 3.78. The maximum Gasteiger partial charge on any atom is 0.134 e. The van der Waals surface area contributed by atoms with Crippen molar-refractivity contribution in [3.05, 3.63) is 48.2 Å². The molecule has 1 aromatic heterocycles. The summed E-state index contributed by atoms with van der Waals surface area (Å²) < 4.78 is 0. The van der Waals surface area contributed by atoms with E-state index < -0.39 is 0 Å². The van der Waals surface area contributed by atoms with Crippen LogP contribution in [0.4, 0.5) is 11.5 Å². The van der Waals surface area contributed by atoms with E-state index in [0.29, 0.717) is 17.9 Å². The number of pyridine rings is 1. The molecule has 1 aromatic carbocycles. The third kappa shape index (κ3) is 2.41. The molecule has 0 unspecified atom stereocenters. The number of aromatic hydroxyl groups is 1. The molecule has 18 heavy (non-hydrogen) atoms. The van der Waals surface area contributed by atoms with E-state index in [1.807, 2.05) is 17.9 Å². The summed E-state index contributed by atoms with van der Waals surface area (Å²) in [4.78, 5) is 6.19. The zero-order valence-corrected chi connectivity index (χ0v) is 10.0. The van der Waals surface area contributed by atoms with Gasteiger partial charge in [-0.3, -0.25) is 0 Å². The van der Waals surface area contributed by atoms with E-state index in [1.165, 1.54) is 0 Å². The third-order valence-electron chi connectivity index (χ3n) is 2.61. The first-order chi connectivity index (χ1) is 8.74. The van der Waals surface area contributed by atoms with Crippen LogP contribution in [0.25, 0.3) is 0 Å². The maximum absolute atomic E-state index is 9.51. The minimum Gasteiger partial charge on any atom is -0.508 e. The Hall–Kier alpha value is -2.54. The van der Waals surface area contributed by atoms with Crippen molar-refractivity contribution in [3.63, 3.8) is 0 Å². The van der Waals surface area contributed by atoms with Crippen molar-refractivity contribution in [2.45, 2.75) is 6.92 Å². The Kier molecular flexibility index (Phi) is 3.44. The van der Waals surface area contributed by atoms with Crippen LogP contribution < -0.4 is 4.90 Å². The fraction of sp³-hybridized carbons (Fsp3) is 0.143. The number of rotatable bonds is 3. The highest BCUT2D eigenvalue weighted by Gasteiger charge is 2.09. The molecule has 0 saturated carbocycles. The summed E-state index contributed by atoms with van der Waals surface area (Å²) in [7, 11) is 0. The Bertz CT molecular complexity index is 590. The zero-order chi connectivity index (χ0) is 13.0. The molecule has 0 bridgehead atoms. The Morgan fingerprint density at radius 1 is 1.33 bits per heavy atom. The van der Waals surface area contributed by atoms with E-state index in [-0.39, 0.29) is 5.75 Å². The Morgan fingerprint density at radius 3 is 2.83 bits per heavy atom. The van der Waals surface area contributed by atoms with Crippen molar-refractivity contribution in [1.82, 2.24) is 4.98 Å². The van der Waals surface area contributed by atoms with E-state index in [9.17, 15) is 5.11 Å². The minimum absolute atomic E-state index is 0.211. The lowest BCUT2D eigenvalue weighted by atomic mass is 10.2. The first-order valence-electron chi connectivity index (χ1n) is 5.67. The van der Waals surface area contributed by atoms with Crippen LogP contribution in [0.15, 0.2) is 42.6 Å². The second-order valence-electron chi connectivity index (χ2n) is 3.78. The van der Waals surface area contributed by atoms with Crippen molar-refractivity contribution < 1.29 is 5.11 Å². The van der Waals surface area contributed by atoms with Crippen LogP contribution in [0.2, 0.25) is 0 Å². The lowest BCUT2D eigenvalue weighted by Crippen LogP contribution is -2.17. The lowest BCUT2D eigenvalue weighted by molar-refractivity contribution is 0.475. The van der Waals surface area contributed by atoms with Crippen LogP contribution in [-0.2, 0) is 0 Å². The monoisotopic (exact) mass is 239 g/mol. The van der Waals surface area contributed by atoms with Gasteiger partial charge in [-0.15, -0.1) is 0 Å². The number of nitriles is 1. The van der Waals surface area contributed by atoms with Gasteiger partial charge in [-0.1, -0.05) is 6.07 Å². The molecule has 0 aliphatic rings. The molecule has 90 valence electrons. The third-order valence-corrected chi connectivity index (χ3v) is 2.61. The fourth-order valence-corrected chi connectivity index (χ4v) is 1.77. The van der Waals surface area contributed by atoms with Gasteiger partial charge in [0.1, 0.15) is 11.6 Å². The van der Waals surface area contributed by atoms with Gasteiger partial charge in [-0.25, -0.2) is 4.98 Å². The van der Waals surface area contributed by atoms with E-state index in [2.05, 4.69) is 11.1 Å². The second kappa shape index (κ2) is 5.19. The topological polar surface area (TPSA) is 60.1 Å². The highest BCUT2D eigenvalue weighted by atomic mass is 16.3. The number of anilines is 2. The van der Waals surface area contributed by atoms with Crippen molar-refractivity contribution in [2.75, 3.05) is 11.4 Å². The average molecular weight is 239 g/mol. The van der Waals surface area contributed by atoms with Crippen LogP contribution in [0.5, 0.6) is 5.75 Å². The van der Waals surface area contributed by atoms with Crippen LogP contribution in [0.1, 0.15) is 12.5 Å². The van der Waals surface area contributed by atoms with Crippen LogP contribution >= 0.6 is 0 Å². The Labute approximate surface area is 106 Å². The molecule has 2 aromatic rings. The van der Waals surface area contributed by atoms with Gasteiger partial charge in [0.2, 0.25) is 0 Å². The van der Waals surface area contributed by atoms with Crippen molar-refractivity contribution in [2.24, 2.45) is 0 Å². The van der Waals surface area contributed by atoms with Gasteiger partial charge in [-0.05, 0) is 31.2 Å². The van der Waals surface area contributed by atoms with Crippen LogP contribution in [0.3, 0.4) is 0 Å². The molecule has 0 spiro atoms. The number of hydrogen-bond acceptors (Lipinski definition) is 4.